The van der Waals surface area contributed by atoms with Crippen molar-refractivity contribution < 1.29 is 9.90 Å². The average molecular weight is 245 g/mol. The van der Waals surface area contributed by atoms with Crippen LogP contribution in [-0.4, -0.2) is 28.6 Å². The second kappa shape index (κ2) is 5.83. The van der Waals surface area contributed by atoms with Gasteiger partial charge < -0.3 is 5.11 Å². The van der Waals surface area contributed by atoms with Crippen LogP contribution in [-0.2, 0) is 6.54 Å². The second-order valence-corrected chi connectivity index (χ2v) is 4.77. The van der Waals surface area contributed by atoms with Crippen LogP contribution in [0, 0.1) is 0 Å². The molecule has 18 heavy (non-hydrogen) atoms. The Morgan fingerprint density at radius 2 is 2.33 bits per heavy atom. The minimum atomic E-state index is -0.865. The van der Waals surface area contributed by atoms with Crippen LogP contribution in [0.25, 0.3) is 0 Å². The van der Waals surface area contributed by atoms with E-state index in [2.05, 4.69) is 11.5 Å². The van der Waals surface area contributed by atoms with Crippen molar-refractivity contribution in [2.75, 3.05) is 6.54 Å². The first kappa shape index (κ1) is 12.8. The van der Waals surface area contributed by atoms with Crippen molar-refractivity contribution in [1.29, 1.82) is 0 Å². The van der Waals surface area contributed by atoms with E-state index < -0.39 is 5.97 Å². The lowest BCUT2D eigenvalue weighted by molar-refractivity contribution is 0.0696. The van der Waals surface area contributed by atoms with Gasteiger partial charge in [-0.2, -0.15) is 0 Å². The van der Waals surface area contributed by atoms with Gasteiger partial charge >= 0.3 is 5.97 Å². The number of aromatic carboxylic acids is 1. The number of carboxylic acid groups (broad SMARTS) is 1. The van der Waals surface area contributed by atoms with Crippen LogP contribution < -0.4 is 0 Å². The number of hydrogen-bond donors (Lipinski definition) is 1. The second-order valence-electron chi connectivity index (χ2n) is 4.77. The summed E-state index contributed by atoms with van der Waals surface area (Å²) in [6.45, 7) is 5.75. The zero-order valence-corrected chi connectivity index (χ0v) is 10.5. The van der Waals surface area contributed by atoms with Gasteiger partial charge in [-0.25, -0.2) is 4.79 Å². The number of likely N-dealkylation sites (tertiary alicyclic amines) is 1. The molecule has 0 amide bonds. The Kier molecular flexibility index (Phi) is 4.15. The summed E-state index contributed by atoms with van der Waals surface area (Å²) in [6, 6.07) is 7.61. The van der Waals surface area contributed by atoms with Crippen LogP contribution in [0.3, 0.4) is 0 Å². The predicted molar refractivity (Wildman–Crippen MR) is 71.6 cm³/mol. The Balaban J connectivity index is 2.10. The van der Waals surface area contributed by atoms with Gasteiger partial charge in [-0.15, -0.1) is 6.58 Å². The lowest BCUT2D eigenvalue weighted by Crippen LogP contribution is -2.37. The van der Waals surface area contributed by atoms with Crippen LogP contribution >= 0.6 is 0 Å². The van der Waals surface area contributed by atoms with E-state index in [1.54, 1.807) is 12.1 Å². The maximum Gasteiger partial charge on any atom is 0.335 e. The first-order valence-corrected chi connectivity index (χ1v) is 6.39. The van der Waals surface area contributed by atoms with Gasteiger partial charge in [-0.3, -0.25) is 4.90 Å². The van der Waals surface area contributed by atoms with Crippen molar-refractivity contribution in [2.24, 2.45) is 0 Å². The van der Waals surface area contributed by atoms with Crippen molar-refractivity contribution in [3.63, 3.8) is 0 Å². The Morgan fingerprint density at radius 1 is 1.50 bits per heavy atom. The number of rotatable bonds is 4. The zero-order chi connectivity index (χ0) is 13.0. The Labute approximate surface area is 108 Å². The van der Waals surface area contributed by atoms with Crippen LogP contribution in [0.5, 0.6) is 0 Å². The lowest BCUT2D eigenvalue weighted by Gasteiger charge is -2.33. The SMILES string of the molecule is C=CC1CCCCN1Cc1cccc(C(=O)O)c1. The monoisotopic (exact) mass is 245 g/mol. The topological polar surface area (TPSA) is 40.5 Å². The number of benzene rings is 1. The molecule has 1 heterocycles. The quantitative estimate of drug-likeness (QED) is 0.829. The minimum absolute atomic E-state index is 0.361. The normalized spacial score (nSPS) is 20.6. The third-order valence-electron chi connectivity index (χ3n) is 3.50. The van der Waals surface area contributed by atoms with Crippen molar-refractivity contribution in [1.82, 2.24) is 4.90 Å². The molecule has 0 radical (unpaired) electrons. The molecule has 1 N–H and O–H groups in total. The highest BCUT2D eigenvalue weighted by Gasteiger charge is 2.19. The molecule has 96 valence electrons. The van der Waals surface area contributed by atoms with Gasteiger partial charge in [0.25, 0.3) is 0 Å². The van der Waals surface area contributed by atoms with E-state index in [1.807, 2.05) is 18.2 Å². The molecule has 1 saturated heterocycles. The van der Waals surface area contributed by atoms with Gasteiger partial charge in [0.1, 0.15) is 0 Å². The van der Waals surface area contributed by atoms with Crippen molar-refractivity contribution in [3.8, 4) is 0 Å². The van der Waals surface area contributed by atoms with E-state index in [9.17, 15) is 4.79 Å². The third-order valence-corrected chi connectivity index (χ3v) is 3.50. The highest BCUT2D eigenvalue weighted by molar-refractivity contribution is 5.87. The molecule has 0 bridgehead atoms. The summed E-state index contributed by atoms with van der Waals surface area (Å²) in [5, 5.41) is 8.98. The molecule has 1 aromatic carbocycles. The molecule has 1 aromatic rings. The van der Waals surface area contributed by atoms with E-state index in [1.165, 1.54) is 12.8 Å². The number of nitrogens with zero attached hydrogens (tertiary/aromatic N) is 1. The number of carboxylic acids is 1. The zero-order valence-electron chi connectivity index (χ0n) is 10.5. The van der Waals surface area contributed by atoms with Crippen LogP contribution in [0.2, 0.25) is 0 Å². The number of carbonyl (C=O) groups is 1. The van der Waals surface area contributed by atoms with Crippen molar-refractivity contribution in [2.45, 2.75) is 31.8 Å². The van der Waals surface area contributed by atoms with Crippen LogP contribution in [0.1, 0.15) is 35.2 Å². The first-order valence-electron chi connectivity index (χ1n) is 6.39. The molecular weight excluding hydrogens is 226 g/mol. The van der Waals surface area contributed by atoms with Crippen LogP contribution in [0.4, 0.5) is 0 Å². The molecule has 1 aliphatic heterocycles. The molecule has 2 rings (SSSR count). The third kappa shape index (κ3) is 2.99. The Bertz CT molecular complexity index is 442. The summed E-state index contributed by atoms with van der Waals surface area (Å²) in [4.78, 5) is 13.3. The van der Waals surface area contributed by atoms with Gasteiger partial charge in [-0.05, 0) is 37.1 Å². The van der Waals surface area contributed by atoms with Crippen LogP contribution in [0.15, 0.2) is 36.9 Å². The molecule has 1 atom stereocenters. The minimum Gasteiger partial charge on any atom is -0.478 e. The molecule has 1 fully saturated rings. The van der Waals surface area contributed by atoms with Gasteiger partial charge in [0, 0.05) is 12.6 Å². The van der Waals surface area contributed by atoms with Crippen molar-refractivity contribution in [3.05, 3.63) is 48.0 Å². The molecule has 3 heteroatoms. The standard InChI is InChI=1S/C15H19NO2/c1-2-14-8-3-4-9-16(14)11-12-6-5-7-13(10-12)15(17)18/h2,5-7,10,14H,1,3-4,8-9,11H2,(H,17,18). The molecule has 0 aliphatic carbocycles. The summed E-state index contributed by atoms with van der Waals surface area (Å²) in [7, 11) is 0. The maximum absolute atomic E-state index is 10.9. The number of piperidine rings is 1. The fraction of sp³-hybridized carbons (Fsp3) is 0.400. The van der Waals surface area contributed by atoms with Crippen molar-refractivity contribution >= 4 is 5.97 Å². The maximum atomic E-state index is 10.9. The highest BCUT2D eigenvalue weighted by Crippen LogP contribution is 2.20. The molecule has 0 spiro atoms. The van der Waals surface area contributed by atoms with Gasteiger partial charge in [-0.1, -0.05) is 24.6 Å². The number of hydrogen-bond acceptors (Lipinski definition) is 2. The fourth-order valence-corrected chi connectivity index (χ4v) is 2.52. The molecule has 0 aromatic heterocycles. The largest absolute Gasteiger partial charge is 0.478 e. The summed E-state index contributed by atoms with van der Waals surface area (Å²) < 4.78 is 0. The smallest absolute Gasteiger partial charge is 0.335 e. The summed E-state index contributed by atoms with van der Waals surface area (Å²) in [5.74, 6) is -0.865. The summed E-state index contributed by atoms with van der Waals surface area (Å²) >= 11 is 0. The molecule has 0 saturated carbocycles. The van der Waals surface area contributed by atoms with E-state index in [0.717, 1.165) is 25.1 Å². The molecule has 3 nitrogen and oxygen atoms in total. The van der Waals surface area contributed by atoms with E-state index in [4.69, 9.17) is 5.11 Å². The lowest BCUT2D eigenvalue weighted by atomic mass is 10.0. The molecule has 1 unspecified atom stereocenters. The van der Waals surface area contributed by atoms with E-state index in [0.29, 0.717) is 11.6 Å². The Morgan fingerprint density at radius 3 is 3.06 bits per heavy atom. The van der Waals surface area contributed by atoms with E-state index in [-0.39, 0.29) is 0 Å². The van der Waals surface area contributed by atoms with Gasteiger partial charge in [0.05, 0.1) is 5.56 Å². The van der Waals surface area contributed by atoms with E-state index >= 15 is 0 Å². The molecule has 1 aliphatic rings. The molecular formula is C15H19NO2. The van der Waals surface area contributed by atoms with Gasteiger partial charge in [0.15, 0.2) is 0 Å². The first-order chi connectivity index (χ1) is 8.70. The fourth-order valence-electron chi connectivity index (χ4n) is 2.52. The average Bonchev–Trinajstić information content (AvgIpc) is 2.39. The summed E-state index contributed by atoms with van der Waals surface area (Å²) in [6.07, 6.45) is 5.62. The van der Waals surface area contributed by atoms with Gasteiger partial charge in [0.2, 0.25) is 0 Å². The summed E-state index contributed by atoms with van der Waals surface area (Å²) in [5.41, 5.74) is 1.42. The highest BCUT2D eigenvalue weighted by atomic mass is 16.4. The Hall–Kier alpha value is -1.61. The predicted octanol–water partition coefficient (Wildman–Crippen LogP) is 2.93.